The molecule has 1 aromatic heterocycles. The largest absolute Gasteiger partial charge is 0.398 e. The molecule has 17 heavy (non-hydrogen) atoms. The molecule has 0 fully saturated rings. The molecule has 0 bridgehead atoms. The minimum atomic E-state index is -0.139. The Morgan fingerprint density at radius 2 is 2.06 bits per heavy atom. The molecule has 0 aliphatic heterocycles. The van der Waals surface area contributed by atoms with Gasteiger partial charge in [-0.25, -0.2) is 0 Å². The zero-order valence-electron chi connectivity index (χ0n) is 9.06. The highest BCUT2D eigenvalue weighted by Crippen LogP contribution is 2.15. The van der Waals surface area contributed by atoms with E-state index in [1.807, 2.05) is 24.3 Å². The van der Waals surface area contributed by atoms with Crippen LogP contribution in [-0.4, -0.2) is 4.57 Å². The fourth-order valence-corrected chi connectivity index (χ4v) is 2.01. The fourth-order valence-electron chi connectivity index (χ4n) is 1.63. The van der Waals surface area contributed by atoms with Crippen LogP contribution < -0.4 is 17.0 Å². The molecule has 0 radical (unpaired) electrons. The van der Waals surface area contributed by atoms with Crippen LogP contribution in [0.3, 0.4) is 0 Å². The van der Waals surface area contributed by atoms with Crippen molar-refractivity contribution in [1.29, 1.82) is 0 Å². The molecule has 0 saturated heterocycles. The van der Waals surface area contributed by atoms with Gasteiger partial charge in [-0.2, -0.15) is 0 Å². The van der Waals surface area contributed by atoms with E-state index in [-0.39, 0.29) is 12.1 Å². The summed E-state index contributed by atoms with van der Waals surface area (Å²) in [6, 6.07) is 9.05. The number of halogens is 1. The van der Waals surface area contributed by atoms with Gasteiger partial charge in [-0.1, -0.05) is 22.0 Å². The number of pyridine rings is 1. The molecule has 0 amide bonds. The molecule has 2 rings (SSSR count). The van der Waals surface area contributed by atoms with E-state index in [0.29, 0.717) is 11.3 Å². The van der Waals surface area contributed by atoms with Crippen molar-refractivity contribution in [3.63, 3.8) is 0 Å². The molecule has 0 unspecified atom stereocenters. The van der Waals surface area contributed by atoms with Crippen LogP contribution in [0.2, 0.25) is 0 Å². The van der Waals surface area contributed by atoms with Crippen LogP contribution in [0, 0.1) is 0 Å². The first-order chi connectivity index (χ1) is 8.11. The van der Waals surface area contributed by atoms with Gasteiger partial charge in [-0.3, -0.25) is 9.36 Å². The highest BCUT2D eigenvalue weighted by Gasteiger charge is 2.06. The molecule has 0 aliphatic rings. The minimum absolute atomic E-state index is 0.139. The molecular formula is C12H12BrN3O. The summed E-state index contributed by atoms with van der Waals surface area (Å²) in [4.78, 5) is 12.1. The third-order valence-electron chi connectivity index (χ3n) is 2.42. The van der Waals surface area contributed by atoms with Crippen molar-refractivity contribution in [2.24, 2.45) is 5.73 Å². The highest BCUT2D eigenvalue weighted by molar-refractivity contribution is 9.10. The van der Waals surface area contributed by atoms with E-state index in [1.54, 1.807) is 12.3 Å². The first-order valence-corrected chi connectivity index (χ1v) is 5.88. The molecule has 0 saturated carbocycles. The maximum Gasteiger partial charge on any atom is 0.259 e. The van der Waals surface area contributed by atoms with Gasteiger partial charge < -0.3 is 11.5 Å². The Bertz CT molecular complexity index is 607. The maximum atomic E-state index is 12.1. The normalized spacial score (nSPS) is 10.5. The summed E-state index contributed by atoms with van der Waals surface area (Å²) in [5, 5.41) is 0. The summed E-state index contributed by atoms with van der Waals surface area (Å²) in [6.07, 6.45) is 1.60. The molecular weight excluding hydrogens is 282 g/mol. The molecule has 4 nitrogen and oxygen atoms in total. The summed E-state index contributed by atoms with van der Waals surface area (Å²) in [7, 11) is 0. The predicted octanol–water partition coefficient (Wildman–Crippen LogP) is 1.64. The lowest BCUT2D eigenvalue weighted by molar-refractivity contribution is 0.927. The average molecular weight is 294 g/mol. The third-order valence-corrected chi connectivity index (χ3v) is 2.91. The van der Waals surface area contributed by atoms with Crippen molar-refractivity contribution in [1.82, 2.24) is 4.57 Å². The van der Waals surface area contributed by atoms with Gasteiger partial charge >= 0.3 is 0 Å². The first-order valence-electron chi connectivity index (χ1n) is 5.09. The number of hydrogen-bond acceptors (Lipinski definition) is 3. The van der Waals surface area contributed by atoms with E-state index in [0.717, 1.165) is 10.2 Å². The molecule has 2 aromatic rings. The van der Waals surface area contributed by atoms with Gasteiger partial charge in [0.05, 0.1) is 0 Å². The number of nitrogen functional groups attached to an aromatic ring is 1. The minimum Gasteiger partial charge on any atom is -0.398 e. The molecule has 0 spiro atoms. The van der Waals surface area contributed by atoms with Crippen molar-refractivity contribution in [3.05, 3.63) is 56.9 Å². The third kappa shape index (κ3) is 2.40. The second-order valence-electron chi connectivity index (χ2n) is 3.66. The van der Waals surface area contributed by atoms with Gasteiger partial charge in [0.1, 0.15) is 0 Å². The maximum absolute atomic E-state index is 12.1. The molecule has 1 aromatic carbocycles. The topological polar surface area (TPSA) is 74.0 Å². The van der Waals surface area contributed by atoms with Crippen LogP contribution in [0.25, 0.3) is 5.69 Å². The van der Waals surface area contributed by atoms with Crippen molar-refractivity contribution < 1.29 is 0 Å². The Morgan fingerprint density at radius 3 is 2.71 bits per heavy atom. The Balaban J connectivity index is 2.67. The molecule has 5 heteroatoms. The first kappa shape index (κ1) is 11.9. The number of nitrogens with two attached hydrogens (primary N) is 2. The van der Waals surface area contributed by atoms with Crippen LogP contribution >= 0.6 is 15.9 Å². The van der Waals surface area contributed by atoms with Gasteiger partial charge in [0.25, 0.3) is 5.56 Å². The van der Waals surface area contributed by atoms with Crippen molar-refractivity contribution in [2.45, 2.75) is 6.54 Å². The fraction of sp³-hybridized carbons (Fsp3) is 0.0833. The Hall–Kier alpha value is -1.59. The number of benzene rings is 1. The Labute approximate surface area is 107 Å². The van der Waals surface area contributed by atoms with E-state index in [1.165, 1.54) is 4.57 Å². The number of nitrogens with zero attached hydrogens (tertiary/aromatic N) is 1. The summed E-state index contributed by atoms with van der Waals surface area (Å²) in [5.74, 6) is 0. The van der Waals surface area contributed by atoms with Gasteiger partial charge in [-0.15, -0.1) is 0 Å². The zero-order valence-corrected chi connectivity index (χ0v) is 10.6. The monoisotopic (exact) mass is 293 g/mol. The lowest BCUT2D eigenvalue weighted by Crippen LogP contribution is -2.24. The van der Waals surface area contributed by atoms with Gasteiger partial charge in [0.15, 0.2) is 0 Å². The van der Waals surface area contributed by atoms with Crippen molar-refractivity contribution in [3.8, 4) is 5.69 Å². The molecule has 0 atom stereocenters. The summed E-state index contributed by atoms with van der Waals surface area (Å²) < 4.78 is 2.40. The summed E-state index contributed by atoms with van der Waals surface area (Å²) in [6.45, 7) is 0.178. The van der Waals surface area contributed by atoms with Gasteiger partial charge in [-0.05, 0) is 24.3 Å². The van der Waals surface area contributed by atoms with Crippen LogP contribution in [0.5, 0.6) is 0 Å². The Kier molecular flexibility index (Phi) is 3.31. The number of anilines is 1. The van der Waals surface area contributed by atoms with Crippen LogP contribution in [-0.2, 0) is 6.54 Å². The van der Waals surface area contributed by atoms with E-state index in [2.05, 4.69) is 15.9 Å². The lowest BCUT2D eigenvalue weighted by atomic mass is 10.2. The van der Waals surface area contributed by atoms with Crippen LogP contribution in [0.4, 0.5) is 5.69 Å². The number of rotatable bonds is 2. The van der Waals surface area contributed by atoms with Gasteiger partial charge in [0.2, 0.25) is 0 Å². The standard InChI is InChI=1S/C12H12BrN3O/c13-9-2-1-3-11(5-9)16-7-10(15)4-8(6-14)12(16)17/h1-5,7H,6,14-15H2. The predicted molar refractivity (Wildman–Crippen MR) is 72.0 cm³/mol. The average Bonchev–Trinajstić information content (AvgIpc) is 2.31. The van der Waals surface area contributed by atoms with Crippen LogP contribution in [0.1, 0.15) is 5.56 Å². The quantitative estimate of drug-likeness (QED) is 0.884. The van der Waals surface area contributed by atoms with E-state index >= 15 is 0 Å². The van der Waals surface area contributed by atoms with E-state index in [9.17, 15) is 4.79 Å². The molecule has 88 valence electrons. The highest BCUT2D eigenvalue weighted by atomic mass is 79.9. The van der Waals surface area contributed by atoms with Gasteiger partial charge in [0, 0.05) is 34.2 Å². The molecule has 0 aliphatic carbocycles. The zero-order chi connectivity index (χ0) is 12.4. The summed E-state index contributed by atoms with van der Waals surface area (Å²) >= 11 is 3.37. The van der Waals surface area contributed by atoms with Crippen molar-refractivity contribution in [2.75, 3.05) is 5.73 Å². The second kappa shape index (κ2) is 4.73. The SMILES string of the molecule is NCc1cc(N)cn(-c2cccc(Br)c2)c1=O. The molecule has 4 N–H and O–H groups in total. The van der Waals surface area contributed by atoms with E-state index in [4.69, 9.17) is 11.5 Å². The Morgan fingerprint density at radius 1 is 1.29 bits per heavy atom. The molecule has 1 heterocycles. The lowest BCUT2D eigenvalue weighted by Gasteiger charge is -2.09. The van der Waals surface area contributed by atoms with Crippen molar-refractivity contribution >= 4 is 21.6 Å². The number of aromatic nitrogens is 1. The smallest absolute Gasteiger partial charge is 0.259 e. The van der Waals surface area contributed by atoms with Crippen LogP contribution in [0.15, 0.2) is 45.8 Å². The second-order valence-corrected chi connectivity index (χ2v) is 4.57. The number of hydrogen-bond donors (Lipinski definition) is 2. The van der Waals surface area contributed by atoms with E-state index < -0.39 is 0 Å². The summed E-state index contributed by atoms with van der Waals surface area (Å²) in [5.41, 5.74) is 12.9.